The Balaban J connectivity index is 1.44. The fourth-order valence-corrected chi connectivity index (χ4v) is 4.28. The predicted octanol–water partition coefficient (Wildman–Crippen LogP) is 3.16. The zero-order chi connectivity index (χ0) is 18.3. The predicted molar refractivity (Wildman–Crippen MR) is 99.5 cm³/mol. The summed E-state index contributed by atoms with van der Waals surface area (Å²) in [4.78, 5) is 24.2. The van der Waals surface area contributed by atoms with Gasteiger partial charge in [0.1, 0.15) is 0 Å². The molecule has 1 saturated carbocycles. The Morgan fingerprint density at radius 3 is 2.54 bits per heavy atom. The highest BCUT2D eigenvalue weighted by molar-refractivity contribution is 9.10. The van der Waals surface area contributed by atoms with Gasteiger partial charge in [-0.25, -0.2) is 0 Å². The fourth-order valence-electron chi connectivity index (χ4n) is 4.02. The zero-order valence-electron chi connectivity index (χ0n) is 13.9. The summed E-state index contributed by atoms with van der Waals surface area (Å²) in [5.74, 6) is -1.92. The number of hydrogen-bond donors (Lipinski definition) is 2. The molecular weight excluding hydrogens is 398 g/mol. The maximum atomic E-state index is 12.7. The number of nitrogens with one attached hydrogen (secondary N) is 1. The van der Waals surface area contributed by atoms with Crippen molar-refractivity contribution in [1.29, 1.82) is 0 Å². The number of allylic oxidation sites excluding steroid dienone is 2. The number of nitrogens with zero attached hydrogens (tertiary/aromatic N) is 2. The molecule has 2 aliphatic carbocycles. The van der Waals surface area contributed by atoms with Gasteiger partial charge in [0.2, 0.25) is 5.91 Å². The van der Waals surface area contributed by atoms with Gasteiger partial charge in [-0.05, 0) is 36.0 Å². The topological polar surface area (TPSA) is 84.2 Å². The van der Waals surface area contributed by atoms with E-state index in [0.717, 1.165) is 16.5 Å². The van der Waals surface area contributed by atoms with Crippen LogP contribution in [0.15, 0.2) is 53.2 Å². The van der Waals surface area contributed by atoms with Gasteiger partial charge < -0.3 is 10.4 Å². The maximum Gasteiger partial charge on any atom is 0.307 e. The second-order valence-corrected chi connectivity index (χ2v) is 7.77. The van der Waals surface area contributed by atoms with Crippen LogP contribution in [-0.2, 0) is 16.1 Å². The van der Waals surface area contributed by atoms with Crippen LogP contribution in [0.1, 0.15) is 12.0 Å². The highest BCUT2D eigenvalue weighted by atomic mass is 79.9. The van der Waals surface area contributed by atoms with E-state index in [9.17, 15) is 14.7 Å². The lowest BCUT2D eigenvalue weighted by Crippen LogP contribution is -2.36. The van der Waals surface area contributed by atoms with Crippen molar-refractivity contribution in [3.63, 3.8) is 0 Å². The summed E-state index contributed by atoms with van der Waals surface area (Å²) < 4.78 is 2.76. The van der Waals surface area contributed by atoms with Crippen LogP contribution in [0.25, 0.3) is 0 Å². The number of aromatic nitrogens is 2. The molecule has 2 N–H and O–H groups in total. The molecule has 1 heterocycles. The average molecular weight is 416 g/mol. The summed E-state index contributed by atoms with van der Waals surface area (Å²) in [6.07, 6.45) is 6.45. The van der Waals surface area contributed by atoms with E-state index in [1.165, 1.54) is 0 Å². The number of fused-ring (bicyclic) bond motifs is 2. The van der Waals surface area contributed by atoms with E-state index >= 15 is 0 Å². The summed E-state index contributed by atoms with van der Waals surface area (Å²) in [6, 6.07) is 9.67. The fraction of sp³-hybridized carbons (Fsp3) is 0.316. The monoisotopic (exact) mass is 415 g/mol. The van der Waals surface area contributed by atoms with Crippen molar-refractivity contribution >= 4 is 33.6 Å². The highest BCUT2D eigenvalue weighted by Gasteiger charge is 2.51. The molecule has 4 atom stereocenters. The van der Waals surface area contributed by atoms with E-state index in [1.54, 1.807) is 16.9 Å². The molecule has 0 saturated heterocycles. The van der Waals surface area contributed by atoms with Crippen LogP contribution in [0.5, 0.6) is 0 Å². The minimum absolute atomic E-state index is 0.00551. The Morgan fingerprint density at radius 2 is 1.85 bits per heavy atom. The molecule has 6 nitrogen and oxygen atoms in total. The Kier molecular flexibility index (Phi) is 4.40. The smallest absolute Gasteiger partial charge is 0.307 e. The minimum atomic E-state index is -0.900. The Bertz CT molecular complexity index is 874. The molecule has 1 aromatic heterocycles. The van der Waals surface area contributed by atoms with Gasteiger partial charge in [0.05, 0.1) is 18.4 Å². The molecule has 2 bridgehead atoms. The number of hydrogen-bond acceptors (Lipinski definition) is 3. The van der Waals surface area contributed by atoms with E-state index in [2.05, 4.69) is 26.3 Å². The maximum absolute atomic E-state index is 12.7. The Hall–Kier alpha value is -2.41. The molecule has 2 aliphatic rings. The van der Waals surface area contributed by atoms with Gasteiger partial charge in [-0.3, -0.25) is 14.3 Å². The number of halogens is 1. The van der Waals surface area contributed by atoms with Crippen LogP contribution < -0.4 is 5.32 Å². The van der Waals surface area contributed by atoms with Gasteiger partial charge in [0.25, 0.3) is 0 Å². The minimum Gasteiger partial charge on any atom is -0.481 e. The number of carboxylic acid groups (broad SMARTS) is 1. The molecule has 134 valence electrons. The molecule has 26 heavy (non-hydrogen) atoms. The van der Waals surface area contributed by atoms with Crippen LogP contribution in [0.4, 0.5) is 5.82 Å². The first kappa shape index (κ1) is 17.0. The first-order chi connectivity index (χ1) is 12.5. The molecule has 1 amide bonds. The number of aliphatic carboxylic acids is 1. The van der Waals surface area contributed by atoms with E-state index in [4.69, 9.17) is 0 Å². The SMILES string of the molecule is O=C(O)[C@@H]1[C@H](C(=O)Nc2ccn(Cc3ccc(Br)cc3)n2)[C@H]2C=C[C@H]1C2. The third-order valence-corrected chi connectivity index (χ3v) is 5.73. The van der Waals surface area contributed by atoms with Crippen molar-refractivity contribution in [2.45, 2.75) is 13.0 Å². The zero-order valence-corrected chi connectivity index (χ0v) is 15.5. The molecule has 0 aliphatic heterocycles. The van der Waals surface area contributed by atoms with Gasteiger partial charge in [0, 0.05) is 16.7 Å². The highest BCUT2D eigenvalue weighted by Crippen LogP contribution is 2.48. The first-order valence-corrected chi connectivity index (χ1v) is 9.30. The Morgan fingerprint density at radius 1 is 1.15 bits per heavy atom. The molecule has 7 heteroatoms. The largest absolute Gasteiger partial charge is 0.481 e. The third-order valence-electron chi connectivity index (χ3n) is 5.20. The number of amides is 1. The van der Waals surface area contributed by atoms with Gasteiger partial charge in [0.15, 0.2) is 5.82 Å². The van der Waals surface area contributed by atoms with Crippen LogP contribution in [0.2, 0.25) is 0 Å². The van der Waals surface area contributed by atoms with Crippen LogP contribution in [0, 0.1) is 23.7 Å². The number of carboxylic acids is 1. The molecule has 1 fully saturated rings. The van der Waals surface area contributed by atoms with Crippen molar-refractivity contribution in [3.8, 4) is 0 Å². The van der Waals surface area contributed by atoms with E-state index in [1.807, 2.05) is 36.4 Å². The number of carbonyl (C=O) groups is 2. The second kappa shape index (κ2) is 6.72. The van der Waals surface area contributed by atoms with E-state index in [-0.39, 0.29) is 17.7 Å². The number of benzene rings is 1. The normalized spacial score (nSPS) is 26.2. The molecule has 0 unspecified atom stereocenters. The van der Waals surface area contributed by atoms with Crippen molar-refractivity contribution < 1.29 is 14.7 Å². The Labute approximate surface area is 159 Å². The van der Waals surface area contributed by atoms with Crippen molar-refractivity contribution in [2.75, 3.05) is 5.32 Å². The summed E-state index contributed by atoms with van der Waals surface area (Å²) in [5, 5.41) is 16.6. The lowest BCUT2D eigenvalue weighted by molar-refractivity contribution is -0.146. The molecule has 0 spiro atoms. The van der Waals surface area contributed by atoms with Crippen molar-refractivity contribution in [3.05, 3.63) is 58.7 Å². The third kappa shape index (κ3) is 3.19. The standard InChI is InChI=1S/C19H18BrN3O3/c20-14-5-1-11(2-6-14)10-23-8-7-15(22-23)21-18(24)16-12-3-4-13(9-12)17(16)19(25)26/h1-8,12-13,16-17H,9-10H2,(H,25,26)(H,21,22,24)/t12-,13-,16+,17-/m0/s1. The van der Waals surface area contributed by atoms with E-state index < -0.39 is 17.8 Å². The molecular formula is C19H18BrN3O3. The van der Waals surface area contributed by atoms with Crippen LogP contribution in [-0.4, -0.2) is 26.8 Å². The summed E-state index contributed by atoms with van der Waals surface area (Å²) in [6.45, 7) is 0.595. The second-order valence-electron chi connectivity index (χ2n) is 6.85. The lowest BCUT2D eigenvalue weighted by atomic mass is 9.82. The van der Waals surface area contributed by atoms with Crippen molar-refractivity contribution in [1.82, 2.24) is 9.78 Å². The molecule has 1 aromatic carbocycles. The summed E-state index contributed by atoms with van der Waals surface area (Å²) in [5.41, 5.74) is 1.10. The molecule has 0 radical (unpaired) electrons. The van der Waals surface area contributed by atoms with E-state index in [0.29, 0.717) is 12.4 Å². The van der Waals surface area contributed by atoms with Gasteiger partial charge in [-0.1, -0.05) is 40.2 Å². The van der Waals surface area contributed by atoms with Crippen molar-refractivity contribution in [2.24, 2.45) is 23.7 Å². The quantitative estimate of drug-likeness (QED) is 0.734. The van der Waals surface area contributed by atoms with Gasteiger partial charge in [-0.2, -0.15) is 5.10 Å². The van der Waals surface area contributed by atoms with Crippen LogP contribution >= 0.6 is 15.9 Å². The van der Waals surface area contributed by atoms with Crippen LogP contribution in [0.3, 0.4) is 0 Å². The molecule has 2 aromatic rings. The molecule has 4 rings (SSSR count). The number of carbonyl (C=O) groups excluding carboxylic acids is 1. The average Bonchev–Trinajstić information content (AvgIpc) is 3.32. The van der Waals surface area contributed by atoms with Gasteiger partial charge >= 0.3 is 5.97 Å². The van der Waals surface area contributed by atoms with Gasteiger partial charge in [-0.15, -0.1) is 0 Å². The number of rotatable bonds is 5. The first-order valence-electron chi connectivity index (χ1n) is 8.51. The summed E-state index contributed by atoms with van der Waals surface area (Å²) >= 11 is 3.41. The number of anilines is 1. The summed E-state index contributed by atoms with van der Waals surface area (Å²) in [7, 11) is 0. The lowest BCUT2D eigenvalue weighted by Gasteiger charge is -2.23.